The second-order valence-electron chi connectivity index (χ2n) is 5.06. The minimum atomic E-state index is -0.558. The highest BCUT2D eigenvalue weighted by Gasteiger charge is 2.26. The zero-order chi connectivity index (χ0) is 17.6. The van der Waals surface area contributed by atoms with Crippen LogP contribution in [0.2, 0.25) is 0 Å². The number of thioether (sulfide) groups is 1. The van der Waals surface area contributed by atoms with Gasteiger partial charge in [0.2, 0.25) is 0 Å². The summed E-state index contributed by atoms with van der Waals surface area (Å²) in [7, 11) is 3.12. The molecule has 1 aromatic heterocycles. The number of hydrazone groups is 1. The third kappa shape index (κ3) is 2.51. The van der Waals surface area contributed by atoms with Gasteiger partial charge in [-0.25, -0.2) is 4.79 Å². The van der Waals surface area contributed by atoms with E-state index >= 15 is 0 Å². The topological polar surface area (TPSA) is 103 Å². The van der Waals surface area contributed by atoms with Gasteiger partial charge in [-0.15, -0.1) is 0 Å². The molecule has 124 valence electrons. The predicted molar refractivity (Wildman–Crippen MR) is 94.3 cm³/mol. The van der Waals surface area contributed by atoms with Crippen LogP contribution >= 0.6 is 24.0 Å². The number of benzene rings is 1. The Bertz CT molecular complexity index is 974. The van der Waals surface area contributed by atoms with Gasteiger partial charge in [-0.05, 0) is 6.07 Å². The van der Waals surface area contributed by atoms with Crippen molar-refractivity contribution in [1.29, 1.82) is 0 Å². The second kappa shape index (κ2) is 5.83. The lowest BCUT2D eigenvalue weighted by Crippen LogP contribution is -2.22. The fourth-order valence-electron chi connectivity index (χ4n) is 2.39. The molecule has 1 fully saturated rings. The molecule has 9 nitrogen and oxygen atoms in total. The van der Waals surface area contributed by atoms with E-state index in [0.29, 0.717) is 15.4 Å². The third-order valence-corrected chi connectivity index (χ3v) is 5.00. The van der Waals surface area contributed by atoms with Crippen LogP contribution in [0, 0.1) is 10.1 Å². The van der Waals surface area contributed by atoms with Crippen LogP contribution in [0.5, 0.6) is 0 Å². The lowest BCUT2D eigenvalue weighted by molar-refractivity contribution is -0.384. The van der Waals surface area contributed by atoms with Crippen molar-refractivity contribution in [3.05, 3.63) is 38.3 Å². The maximum atomic E-state index is 12.0. The first-order chi connectivity index (χ1) is 11.3. The number of nitrogens with zero attached hydrogens (tertiary/aromatic N) is 5. The van der Waals surface area contributed by atoms with Gasteiger partial charge < -0.3 is 0 Å². The fraction of sp³-hybridized carbons (Fsp3) is 0.231. The first kappa shape index (κ1) is 16.3. The van der Waals surface area contributed by atoms with E-state index in [-0.39, 0.29) is 28.6 Å². The molecule has 24 heavy (non-hydrogen) atoms. The number of nitro benzene ring substituents is 1. The molecule has 0 aliphatic carbocycles. The Morgan fingerprint density at radius 1 is 1.29 bits per heavy atom. The van der Waals surface area contributed by atoms with Crippen LogP contribution in [-0.2, 0) is 18.9 Å². The fourth-order valence-corrected chi connectivity index (χ4v) is 3.36. The first-order valence-corrected chi connectivity index (χ1v) is 8.08. The van der Waals surface area contributed by atoms with Crippen molar-refractivity contribution in [2.24, 2.45) is 19.2 Å². The molecule has 0 atom stereocenters. The minimum absolute atomic E-state index is 0.182. The maximum Gasteiger partial charge on any atom is 0.328 e. The van der Waals surface area contributed by atoms with Crippen molar-refractivity contribution < 1.29 is 9.72 Å². The Hall–Kier alpha value is -2.53. The van der Waals surface area contributed by atoms with Crippen LogP contribution < -0.4 is 5.69 Å². The highest BCUT2D eigenvalue weighted by Crippen LogP contribution is 2.25. The summed E-state index contributed by atoms with van der Waals surface area (Å²) < 4.78 is 3.02. The van der Waals surface area contributed by atoms with Crippen LogP contribution in [-0.4, -0.2) is 41.3 Å². The van der Waals surface area contributed by atoms with Gasteiger partial charge in [0.05, 0.1) is 33.5 Å². The molecule has 0 radical (unpaired) electrons. The number of aromatic nitrogens is 2. The van der Waals surface area contributed by atoms with E-state index in [0.717, 1.165) is 5.01 Å². The molecule has 0 spiro atoms. The first-order valence-electron chi connectivity index (χ1n) is 6.69. The molecule has 1 aliphatic heterocycles. The molecule has 1 saturated heterocycles. The van der Waals surface area contributed by atoms with Crippen molar-refractivity contribution in [3.8, 4) is 0 Å². The van der Waals surface area contributed by atoms with Crippen molar-refractivity contribution in [2.45, 2.75) is 0 Å². The molecule has 2 aromatic rings. The number of aryl methyl sites for hydroxylation is 2. The number of amides is 1. The Morgan fingerprint density at radius 3 is 2.46 bits per heavy atom. The second-order valence-corrected chi connectivity index (χ2v) is 6.67. The number of carbonyl (C=O) groups is 1. The van der Waals surface area contributed by atoms with Gasteiger partial charge in [-0.2, -0.15) is 10.1 Å². The van der Waals surface area contributed by atoms with Gasteiger partial charge in [0.15, 0.2) is 4.32 Å². The van der Waals surface area contributed by atoms with Crippen molar-refractivity contribution in [2.75, 3.05) is 5.75 Å². The molecule has 0 bridgehead atoms. The summed E-state index contributed by atoms with van der Waals surface area (Å²) in [6.45, 7) is 0. The molecule has 11 heteroatoms. The smallest absolute Gasteiger partial charge is 0.295 e. The molecular formula is C13H11N5O4S2. The van der Waals surface area contributed by atoms with Crippen molar-refractivity contribution >= 4 is 57.1 Å². The standard InChI is InChI=1S/C13H11N5O4S2/c1-15-9-3-7(5-14-17-11(19)6-24-13(17)23)8(18(21)22)4-10(9)16(2)12(15)20/h3-5H,6H2,1-2H3/b14-5-. The van der Waals surface area contributed by atoms with Gasteiger partial charge in [0.1, 0.15) is 0 Å². The summed E-state index contributed by atoms with van der Waals surface area (Å²) in [5.41, 5.74) is 0.647. The molecule has 3 rings (SSSR count). The number of thiocarbonyl (C=S) groups is 1. The molecule has 0 N–H and O–H groups in total. The summed E-state index contributed by atoms with van der Waals surface area (Å²) >= 11 is 6.19. The maximum absolute atomic E-state index is 12.0. The van der Waals surface area contributed by atoms with E-state index in [1.807, 2.05) is 0 Å². The summed E-state index contributed by atoms with van der Waals surface area (Å²) in [5, 5.41) is 16.3. The van der Waals surface area contributed by atoms with E-state index in [9.17, 15) is 19.7 Å². The summed E-state index contributed by atoms with van der Waals surface area (Å²) in [6, 6.07) is 2.81. The van der Waals surface area contributed by atoms with E-state index in [1.165, 1.54) is 39.2 Å². The number of rotatable bonds is 3. The Labute approximate surface area is 144 Å². The number of imidazole rings is 1. The monoisotopic (exact) mass is 365 g/mol. The normalized spacial score (nSPS) is 15.2. The van der Waals surface area contributed by atoms with E-state index in [4.69, 9.17) is 12.2 Å². The Balaban J connectivity index is 2.16. The Morgan fingerprint density at radius 2 is 1.92 bits per heavy atom. The van der Waals surface area contributed by atoms with E-state index < -0.39 is 4.92 Å². The molecule has 1 aromatic carbocycles. The third-order valence-electron chi connectivity index (χ3n) is 3.66. The van der Waals surface area contributed by atoms with E-state index in [2.05, 4.69) is 5.10 Å². The van der Waals surface area contributed by atoms with Crippen molar-refractivity contribution in [3.63, 3.8) is 0 Å². The van der Waals surface area contributed by atoms with E-state index in [1.54, 1.807) is 14.1 Å². The van der Waals surface area contributed by atoms with Gasteiger partial charge in [-0.3, -0.25) is 24.0 Å². The highest BCUT2D eigenvalue weighted by molar-refractivity contribution is 8.23. The summed E-state index contributed by atoms with van der Waals surface area (Å²) in [6.07, 6.45) is 1.21. The lowest BCUT2D eigenvalue weighted by atomic mass is 10.1. The highest BCUT2D eigenvalue weighted by atomic mass is 32.2. The number of hydrogen-bond acceptors (Lipinski definition) is 7. The zero-order valence-electron chi connectivity index (χ0n) is 12.6. The quantitative estimate of drug-likeness (QED) is 0.348. The summed E-state index contributed by atoms with van der Waals surface area (Å²) in [5.74, 6) is -0.0816. The number of nitro groups is 1. The van der Waals surface area contributed by atoms with Crippen LogP contribution in [0.3, 0.4) is 0 Å². The molecule has 1 amide bonds. The van der Waals surface area contributed by atoms with Gasteiger partial charge in [0.25, 0.3) is 11.6 Å². The average molecular weight is 365 g/mol. The molecule has 0 saturated carbocycles. The molecule has 1 aliphatic rings. The van der Waals surface area contributed by atoms with Gasteiger partial charge >= 0.3 is 5.69 Å². The van der Waals surface area contributed by atoms with Crippen LogP contribution in [0.1, 0.15) is 5.56 Å². The number of fused-ring (bicyclic) bond motifs is 1. The lowest BCUT2D eigenvalue weighted by Gasteiger charge is -2.06. The van der Waals surface area contributed by atoms with Gasteiger partial charge in [0, 0.05) is 20.2 Å². The largest absolute Gasteiger partial charge is 0.328 e. The molecular weight excluding hydrogens is 354 g/mol. The molecule has 2 heterocycles. The van der Waals surface area contributed by atoms with Crippen molar-refractivity contribution in [1.82, 2.24) is 14.1 Å². The number of hydrogen-bond donors (Lipinski definition) is 0. The SMILES string of the molecule is Cn1c(=O)n(C)c2cc([N+](=O)[O-])c(/C=N\N3C(=O)CSC3=S)cc21. The van der Waals surface area contributed by atoms with Crippen LogP contribution in [0.15, 0.2) is 22.0 Å². The zero-order valence-corrected chi connectivity index (χ0v) is 14.3. The van der Waals surface area contributed by atoms with Crippen LogP contribution in [0.25, 0.3) is 11.0 Å². The summed E-state index contributed by atoms with van der Waals surface area (Å²) in [4.78, 5) is 34.4. The van der Waals surface area contributed by atoms with Gasteiger partial charge in [-0.1, -0.05) is 24.0 Å². The number of carbonyl (C=O) groups excluding carboxylic acids is 1. The molecule has 0 unspecified atom stereocenters. The average Bonchev–Trinajstić information content (AvgIpc) is 2.97. The Kier molecular flexibility index (Phi) is 3.97. The minimum Gasteiger partial charge on any atom is -0.295 e. The van der Waals surface area contributed by atoms with Crippen LogP contribution in [0.4, 0.5) is 5.69 Å². The predicted octanol–water partition coefficient (Wildman–Crippen LogP) is 0.979.